The van der Waals surface area contributed by atoms with Crippen molar-refractivity contribution in [3.63, 3.8) is 0 Å². The van der Waals surface area contributed by atoms with Crippen molar-refractivity contribution >= 4 is 43.5 Å². The number of nitrogens with zero attached hydrogens (tertiary/aromatic N) is 2. The van der Waals surface area contributed by atoms with E-state index in [0.29, 0.717) is 22.4 Å². The number of anilines is 1. The molecule has 0 saturated heterocycles. The van der Waals surface area contributed by atoms with Gasteiger partial charge < -0.3 is 15.0 Å². The second-order valence-electron chi connectivity index (χ2n) is 12.1. The van der Waals surface area contributed by atoms with Crippen molar-refractivity contribution in [3.8, 4) is 5.75 Å². The number of hydrogen-bond acceptors (Lipinski definition) is 5. The van der Waals surface area contributed by atoms with Crippen LogP contribution in [0.25, 0.3) is 0 Å². The van der Waals surface area contributed by atoms with Gasteiger partial charge in [-0.05, 0) is 91.6 Å². The Bertz CT molecular complexity index is 1780. The van der Waals surface area contributed by atoms with Crippen LogP contribution in [0.4, 0.5) is 10.1 Å². The van der Waals surface area contributed by atoms with Crippen LogP contribution in [0.1, 0.15) is 50.2 Å². The topological polar surface area (TPSA) is 96.0 Å². The molecule has 0 unspecified atom stereocenters. The number of ether oxygens (including phenoxy) is 1. The summed E-state index contributed by atoms with van der Waals surface area (Å²) in [6.07, 6.45) is 5.05. The van der Waals surface area contributed by atoms with Crippen LogP contribution >= 0.6 is 15.9 Å². The predicted octanol–water partition coefficient (Wildman–Crippen LogP) is 7.27. The molecule has 0 aliphatic heterocycles. The molecular weight excluding hydrogens is 709 g/mol. The molecule has 258 valence electrons. The fourth-order valence-electron chi connectivity index (χ4n) is 6.02. The van der Waals surface area contributed by atoms with Crippen molar-refractivity contribution in [2.75, 3.05) is 17.5 Å². The lowest BCUT2D eigenvalue weighted by Gasteiger charge is -2.35. The van der Waals surface area contributed by atoms with Gasteiger partial charge in [0.15, 0.2) is 0 Å². The van der Waals surface area contributed by atoms with Crippen molar-refractivity contribution in [1.29, 1.82) is 0 Å². The summed E-state index contributed by atoms with van der Waals surface area (Å²) in [5, 5.41) is 3.19. The standard InChI is InChI=1S/C38H41BrFN3O5S/c1-2-48-34-21-19-33(20-22-34)43(49(46,47)35-23-15-30(39)16-24-35)27-37(44)42(26-29-13-17-31(40)18-14-29)36(25-28-9-5-3-6-10-28)38(45)41-32-11-7-4-8-12-32/h3,5-6,9-10,13-24,32,36H,2,4,7-8,11-12,25-27H2,1H3,(H,41,45)/t36-/m1/s1. The lowest BCUT2D eigenvalue weighted by molar-refractivity contribution is -0.140. The first-order chi connectivity index (χ1) is 23.6. The molecule has 1 atom stereocenters. The van der Waals surface area contributed by atoms with E-state index in [1.165, 1.54) is 29.2 Å². The Morgan fingerprint density at radius 3 is 2.16 bits per heavy atom. The van der Waals surface area contributed by atoms with Gasteiger partial charge >= 0.3 is 0 Å². The molecule has 1 saturated carbocycles. The van der Waals surface area contributed by atoms with Crippen LogP contribution in [-0.2, 0) is 32.6 Å². The highest BCUT2D eigenvalue weighted by atomic mass is 79.9. The average molecular weight is 751 g/mol. The van der Waals surface area contributed by atoms with Crippen LogP contribution in [0.5, 0.6) is 5.75 Å². The fraction of sp³-hybridized carbons (Fsp3) is 0.316. The molecule has 0 radical (unpaired) electrons. The molecule has 4 aromatic carbocycles. The van der Waals surface area contributed by atoms with Crippen LogP contribution in [0, 0.1) is 5.82 Å². The third-order valence-corrected chi connectivity index (χ3v) is 10.9. The maximum atomic E-state index is 14.7. The first-order valence-corrected chi connectivity index (χ1v) is 18.8. The third kappa shape index (κ3) is 9.70. The van der Waals surface area contributed by atoms with Crippen LogP contribution in [0.3, 0.4) is 0 Å². The number of amides is 2. The van der Waals surface area contributed by atoms with Gasteiger partial charge in [-0.25, -0.2) is 12.8 Å². The molecule has 2 amide bonds. The SMILES string of the molecule is CCOc1ccc(N(CC(=O)N(Cc2ccc(F)cc2)[C@H](Cc2ccccc2)C(=O)NC2CCCCC2)S(=O)(=O)c2ccc(Br)cc2)cc1. The minimum atomic E-state index is -4.26. The van der Waals surface area contributed by atoms with Gasteiger partial charge in [0.2, 0.25) is 11.8 Å². The number of benzene rings is 4. The molecule has 0 heterocycles. The molecule has 5 rings (SSSR count). The van der Waals surface area contributed by atoms with E-state index < -0.39 is 34.3 Å². The van der Waals surface area contributed by atoms with Gasteiger partial charge in [-0.1, -0.05) is 77.7 Å². The molecule has 49 heavy (non-hydrogen) atoms. The fourth-order valence-corrected chi connectivity index (χ4v) is 7.70. The first kappa shape index (κ1) is 36.1. The summed E-state index contributed by atoms with van der Waals surface area (Å²) in [5.74, 6) is -0.771. The summed E-state index contributed by atoms with van der Waals surface area (Å²) in [6.45, 7) is 1.66. The van der Waals surface area contributed by atoms with Gasteiger partial charge in [-0.15, -0.1) is 0 Å². The third-order valence-electron chi connectivity index (χ3n) is 8.61. The predicted molar refractivity (Wildman–Crippen MR) is 192 cm³/mol. The molecule has 1 aliphatic rings. The maximum absolute atomic E-state index is 14.7. The zero-order valence-electron chi connectivity index (χ0n) is 27.4. The van der Waals surface area contributed by atoms with Gasteiger partial charge in [-0.2, -0.15) is 0 Å². The second-order valence-corrected chi connectivity index (χ2v) is 14.9. The lowest BCUT2D eigenvalue weighted by atomic mass is 9.94. The monoisotopic (exact) mass is 749 g/mol. The summed E-state index contributed by atoms with van der Waals surface area (Å²) in [7, 11) is -4.26. The molecule has 11 heteroatoms. The molecule has 0 aromatic heterocycles. The highest BCUT2D eigenvalue weighted by molar-refractivity contribution is 9.10. The number of carbonyl (C=O) groups excluding carboxylic acids is 2. The summed E-state index contributed by atoms with van der Waals surface area (Å²) in [5.41, 5.74) is 1.70. The Hall–Kier alpha value is -4.22. The number of halogens is 2. The van der Waals surface area contributed by atoms with E-state index in [1.54, 1.807) is 48.5 Å². The summed E-state index contributed by atoms with van der Waals surface area (Å²) >= 11 is 3.36. The maximum Gasteiger partial charge on any atom is 0.264 e. The lowest BCUT2D eigenvalue weighted by Crippen LogP contribution is -2.55. The number of carbonyl (C=O) groups is 2. The van der Waals surface area contributed by atoms with Crippen LogP contribution < -0.4 is 14.4 Å². The summed E-state index contributed by atoms with van der Waals surface area (Å²) in [4.78, 5) is 30.3. The van der Waals surface area contributed by atoms with Gasteiger partial charge in [0.05, 0.1) is 17.2 Å². The van der Waals surface area contributed by atoms with Crippen LogP contribution in [0.2, 0.25) is 0 Å². The number of rotatable bonds is 14. The number of hydrogen-bond donors (Lipinski definition) is 1. The van der Waals surface area contributed by atoms with Gasteiger partial charge in [-0.3, -0.25) is 13.9 Å². The quantitative estimate of drug-likeness (QED) is 0.146. The van der Waals surface area contributed by atoms with E-state index >= 15 is 0 Å². The summed E-state index contributed by atoms with van der Waals surface area (Å²) < 4.78 is 49.8. The largest absolute Gasteiger partial charge is 0.494 e. The van der Waals surface area contributed by atoms with Crippen molar-refractivity contribution in [2.24, 2.45) is 0 Å². The Morgan fingerprint density at radius 1 is 0.878 bits per heavy atom. The molecule has 0 spiro atoms. The smallest absolute Gasteiger partial charge is 0.264 e. The van der Waals surface area contributed by atoms with Crippen LogP contribution in [-0.4, -0.2) is 50.4 Å². The van der Waals surface area contributed by atoms with Crippen LogP contribution in [0.15, 0.2) is 112 Å². The molecule has 1 N–H and O–H groups in total. The highest BCUT2D eigenvalue weighted by Crippen LogP contribution is 2.28. The number of nitrogens with one attached hydrogen (secondary N) is 1. The van der Waals surface area contributed by atoms with E-state index in [-0.39, 0.29) is 35.5 Å². The normalized spacial score (nSPS) is 14.1. The molecule has 8 nitrogen and oxygen atoms in total. The van der Waals surface area contributed by atoms with Crippen molar-refractivity contribution < 1.29 is 27.1 Å². The minimum Gasteiger partial charge on any atom is -0.494 e. The van der Waals surface area contributed by atoms with Gasteiger partial charge in [0.1, 0.15) is 24.2 Å². The molecule has 1 fully saturated rings. The zero-order chi connectivity index (χ0) is 34.8. The molecule has 0 bridgehead atoms. The van der Waals surface area contributed by atoms with Crippen molar-refractivity contribution in [2.45, 2.75) is 69.0 Å². The Balaban J connectivity index is 1.56. The second kappa shape index (κ2) is 16.9. The Labute approximate surface area is 296 Å². The molecule has 4 aromatic rings. The summed E-state index contributed by atoms with van der Waals surface area (Å²) in [6, 6.07) is 26.8. The van der Waals surface area contributed by atoms with E-state index in [0.717, 1.165) is 42.0 Å². The number of sulfonamides is 1. The van der Waals surface area contributed by atoms with E-state index in [2.05, 4.69) is 21.2 Å². The average Bonchev–Trinajstić information content (AvgIpc) is 3.11. The highest BCUT2D eigenvalue weighted by Gasteiger charge is 2.35. The van der Waals surface area contributed by atoms with E-state index in [9.17, 15) is 22.4 Å². The molecule has 1 aliphatic carbocycles. The Morgan fingerprint density at radius 2 is 1.53 bits per heavy atom. The van der Waals surface area contributed by atoms with Gasteiger partial charge in [0, 0.05) is 23.5 Å². The van der Waals surface area contributed by atoms with Crippen molar-refractivity contribution in [1.82, 2.24) is 10.2 Å². The van der Waals surface area contributed by atoms with E-state index in [1.807, 2.05) is 37.3 Å². The Kier molecular flexibility index (Phi) is 12.5. The van der Waals surface area contributed by atoms with Gasteiger partial charge in [0.25, 0.3) is 10.0 Å². The zero-order valence-corrected chi connectivity index (χ0v) is 29.8. The minimum absolute atomic E-state index is 0.00153. The first-order valence-electron chi connectivity index (χ1n) is 16.5. The van der Waals surface area contributed by atoms with Crippen molar-refractivity contribution in [3.05, 3.63) is 125 Å². The molecular formula is C38H41BrFN3O5S. The van der Waals surface area contributed by atoms with E-state index in [4.69, 9.17) is 4.74 Å².